The number of aromatic nitrogens is 1. The molecule has 0 saturated carbocycles. The van der Waals surface area contributed by atoms with Crippen molar-refractivity contribution in [2.75, 3.05) is 19.0 Å². The maximum atomic E-state index is 12.1. The summed E-state index contributed by atoms with van der Waals surface area (Å²) in [6.45, 7) is 6.96. The molecular formula is C12H17ClN2O. The molecule has 0 N–H and O–H groups in total. The first kappa shape index (κ1) is 13.0. The van der Waals surface area contributed by atoms with Crippen LogP contribution in [0.3, 0.4) is 0 Å². The Bertz CT molecular complexity index is 379. The van der Waals surface area contributed by atoms with Crippen LogP contribution in [0.1, 0.15) is 28.7 Å². The summed E-state index contributed by atoms with van der Waals surface area (Å²) in [6.07, 6.45) is 0. The number of carbonyl (C=O) groups excluding carboxylic acids is 1. The third-order valence-electron chi connectivity index (χ3n) is 2.48. The Hall–Kier alpha value is -1.09. The van der Waals surface area contributed by atoms with Gasteiger partial charge < -0.3 is 4.90 Å². The van der Waals surface area contributed by atoms with E-state index in [1.54, 1.807) is 4.90 Å². The highest BCUT2D eigenvalue weighted by Gasteiger charge is 2.16. The second-order valence-electron chi connectivity index (χ2n) is 3.66. The Morgan fingerprint density at radius 2 is 2.12 bits per heavy atom. The number of hydrogen-bond donors (Lipinski definition) is 0. The number of pyridine rings is 1. The average molecular weight is 241 g/mol. The molecule has 0 atom stereocenters. The number of rotatable bonds is 4. The van der Waals surface area contributed by atoms with E-state index < -0.39 is 0 Å². The van der Waals surface area contributed by atoms with Gasteiger partial charge in [0.2, 0.25) is 0 Å². The van der Waals surface area contributed by atoms with Crippen LogP contribution in [0.25, 0.3) is 0 Å². The molecule has 0 aliphatic heterocycles. The molecule has 0 saturated heterocycles. The van der Waals surface area contributed by atoms with Gasteiger partial charge in [0.15, 0.2) is 0 Å². The van der Waals surface area contributed by atoms with Crippen LogP contribution >= 0.6 is 11.6 Å². The SMILES string of the molecule is CCN(CCCl)C(=O)c1ccc(C)nc1C. The standard InChI is InChI=1S/C12H17ClN2O/c1-4-15(8-7-13)12(16)11-6-5-9(2)14-10(11)3/h5-6H,4,7-8H2,1-3H3. The Balaban J connectivity index is 2.94. The maximum absolute atomic E-state index is 12.1. The summed E-state index contributed by atoms with van der Waals surface area (Å²) in [4.78, 5) is 18.1. The lowest BCUT2D eigenvalue weighted by molar-refractivity contribution is 0.0773. The van der Waals surface area contributed by atoms with Gasteiger partial charge in [-0.05, 0) is 32.9 Å². The Kier molecular flexibility index (Phi) is 4.74. The molecule has 0 aromatic carbocycles. The first-order valence-electron chi connectivity index (χ1n) is 5.39. The van der Waals surface area contributed by atoms with Crippen LogP contribution in [0.4, 0.5) is 0 Å². The summed E-state index contributed by atoms with van der Waals surface area (Å²) in [6, 6.07) is 3.69. The zero-order chi connectivity index (χ0) is 12.1. The van der Waals surface area contributed by atoms with Crippen molar-refractivity contribution in [1.82, 2.24) is 9.88 Å². The summed E-state index contributed by atoms with van der Waals surface area (Å²) in [5.74, 6) is 0.464. The molecule has 88 valence electrons. The van der Waals surface area contributed by atoms with Crippen molar-refractivity contribution in [3.8, 4) is 0 Å². The van der Waals surface area contributed by atoms with Crippen molar-refractivity contribution >= 4 is 17.5 Å². The lowest BCUT2D eigenvalue weighted by Gasteiger charge is -2.20. The van der Waals surface area contributed by atoms with E-state index in [2.05, 4.69) is 4.98 Å². The minimum absolute atomic E-state index is 0.00755. The Morgan fingerprint density at radius 1 is 1.44 bits per heavy atom. The Morgan fingerprint density at radius 3 is 2.62 bits per heavy atom. The normalized spacial score (nSPS) is 10.2. The van der Waals surface area contributed by atoms with Crippen molar-refractivity contribution in [1.29, 1.82) is 0 Å². The van der Waals surface area contributed by atoms with Crippen LogP contribution in [0, 0.1) is 13.8 Å². The average Bonchev–Trinajstić information content (AvgIpc) is 2.25. The highest BCUT2D eigenvalue weighted by Crippen LogP contribution is 2.10. The monoisotopic (exact) mass is 240 g/mol. The molecule has 0 aliphatic rings. The van der Waals surface area contributed by atoms with E-state index in [1.165, 1.54) is 0 Å². The van der Waals surface area contributed by atoms with Crippen molar-refractivity contribution in [2.45, 2.75) is 20.8 Å². The molecule has 0 bridgehead atoms. The van der Waals surface area contributed by atoms with Crippen LogP contribution in [-0.2, 0) is 0 Å². The quantitative estimate of drug-likeness (QED) is 0.758. The third-order valence-corrected chi connectivity index (χ3v) is 2.65. The molecule has 1 aromatic heterocycles. The molecule has 0 radical (unpaired) electrons. The first-order chi connectivity index (χ1) is 7.60. The van der Waals surface area contributed by atoms with E-state index in [-0.39, 0.29) is 5.91 Å². The number of halogens is 1. The van der Waals surface area contributed by atoms with Crippen molar-refractivity contribution in [2.24, 2.45) is 0 Å². The van der Waals surface area contributed by atoms with E-state index in [4.69, 9.17) is 11.6 Å². The van der Waals surface area contributed by atoms with E-state index in [0.29, 0.717) is 24.5 Å². The highest BCUT2D eigenvalue weighted by atomic mass is 35.5. The van der Waals surface area contributed by atoms with Gasteiger partial charge in [-0.2, -0.15) is 0 Å². The second kappa shape index (κ2) is 5.85. The fourth-order valence-electron chi connectivity index (χ4n) is 1.59. The molecule has 0 unspecified atom stereocenters. The molecule has 0 spiro atoms. The highest BCUT2D eigenvalue weighted by molar-refractivity contribution is 6.18. The van der Waals surface area contributed by atoms with Gasteiger partial charge in [-0.1, -0.05) is 0 Å². The zero-order valence-electron chi connectivity index (χ0n) is 9.96. The van der Waals surface area contributed by atoms with E-state index in [9.17, 15) is 4.79 Å². The maximum Gasteiger partial charge on any atom is 0.255 e. The van der Waals surface area contributed by atoms with Crippen molar-refractivity contribution in [3.63, 3.8) is 0 Å². The van der Waals surface area contributed by atoms with Gasteiger partial charge in [-0.3, -0.25) is 9.78 Å². The van der Waals surface area contributed by atoms with Gasteiger partial charge >= 0.3 is 0 Å². The topological polar surface area (TPSA) is 33.2 Å². The zero-order valence-corrected chi connectivity index (χ0v) is 10.7. The molecule has 1 aromatic rings. The summed E-state index contributed by atoms with van der Waals surface area (Å²) in [5, 5.41) is 0. The summed E-state index contributed by atoms with van der Waals surface area (Å²) < 4.78 is 0. The molecule has 1 heterocycles. The third kappa shape index (κ3) is 2.95. The van der Waals surface area contributed by atoms with Gasteiger partial charge in [0, 0.05) is 24.7 Å². The Labute approximate surface area is 101 Å². The molecule has 3 nitrogen and oxygen atoms in total. The summed E-state index contributed by atoms with van der Waals surface area (Å²) in [5.41, 5.74) is 2.37. The van der Waals surface area contributed by atoms with Gasteiger partial charge in [0.1, 0.15) is 0 Å². The van der Waals surface area contributed by atoms with Crippen molar-refractivity contribution in [3.05, 3.63) is 29.1 Å². The predicted octanol–water partition coefficient (Wildman–Crippen LogP) is 2.40. The van der Waals surface area contributed by atoms with Gasteiger partial charge in [0.05, 0.1) is 11.3 Å². The van der Waals surface area contributed by atoms with E-state index in [0.717, 1.165) is 11.4 Å². The first-order valence-corrected chi connectivity index (χ1v) is 5.93. The van der Waals surface area contributed by atoms with E-state index >= 15 is 0 Å². The molecule has 1 rings (SSSR count). The second-order valence-corrected chi connectivity index (χ2v) is 4.04. The van der Waals surface area contributed by atoms with Crippen molar-refractivity contribution < 1.29 is 4.79 Å². The van der Waals surface area contributed by atoms with Crippen LogP contribution < -0.4 is 0 Å². The minimum Gasteiger partial charge on any atom is -0.338 e. The van der Waals surface area contributed by atoms with Gasteiger partial charge in [0.25, 0.3) is 5.91 Å². The fourth-order valence-corrected chi connectivity index (χ4v) is 1.79. The molecule has 1 amide bonds. The van der Waals surface area contributed by atoms with E-state index in [1.807, 2.05) is 32.9 Å². The number of aryl methyl sites for hydroxylation is 2. The lowest BCUT2D eigenvalue weighted by Crippen LogP contribution is -2.33. The minimum atomic E-state index is 0.00755. The van der Waals surface area contributed by atoms with Crippen LogP contribution in [-0.4, -0.2) is 34.8 Å². The number of carbonyl (C=O) groups is 1. The molecule has 4 heteroatoms. The summed E-state index contributed by atoms with van der Waals surface area (Å²) in [7, 11) is 0. The smallest absolute Gasteiger partial charge is 0.255 e. The molecular weight excluding hydrogens is 224 g/mol. The number of alkyl halides is 1. The lowest BCUT2D eigenvalue weighted by atomic mass is 10.1. The van der Waals surface area contributed by atoms with Gasteiger partial charge in [-0.15, -0.1) is 11.6 Å². The number of nitrogens with zero attached hydrogens (tertiary/aromatic N) is 2. The molecule has 16 heavy (non-hydrogen) atoms. The molecule has 0 aliphatic carbocycles. The van der Waals surface area contributed by atoms with Crippen LogP contribution in [0.5, 0.6) is 0 Å². The fraction of sp³-hybridized carbons (Fsp3) is 0.500. The largest absolute Gasteiger partial charge is 0.338 e. The predicted molar refractivity (Wildman–Crippen MR) is 66.0 cm³/mol. The van der Waals surface area contributed by atoms with Gasteiger partial charge in [-0.25, -0.2) is 0 Å². The van der Waals surface area contributed by atoms with Crippen LogP contribution in [0.2, 0.25) is 0 Å². The number of amides is 1. The number of hydrogen-bond acceptors (Lipinski definition) is 2. The molecule has 0 fully saturated rings. The van der Waals surface area contributed by atoms with Crippen LogP contribution in [0.15, 0.2) is 12.1 Å². The summed E-state index contributed by atoms with van der Waals surface area (Å²) >= 11 is 5.66.